The number of anilines is 1. The zero-order chi connectivity index (χ0) is 22.3. The Bertz CT molecular complexity index is 1160. The molecule has 164 valence electrons. The number of nitrogens with zero attached hydrogens (tertiary/aromatic N) is 1. The van der Waals surface area contributed by atoms with Gasteiger partial charge >= 0.3 is 5.63 Å². The van der Waals surface area contributed by atoms with E-state index in [0.29, 0.717) is 11.1 Å². The molecule has 0 saturated heterocycles. The maximum atomic E-state index is 12.7. The molecule has 11 heteroatoms. The highest BCUT2D eigenvalue weighted by molar-refractivity contribution is 6.43. The average molecular weight is 432 g/mol. The molecule has 2 heterocycles. The summed E-state index contributed by atoms with van der Waals surface area (Å²) in [5, 5.41) is 37.3. The lowest BCUT2D eigenvalue weighted by Crippen LogP contribution is -2.62. The van der Waals surface area contributed by atoms with Crippen LogP contribution < -0.4 is 20.4 Å². The summed E-state index contributed by atoms with van der Waals surface area (Å²) in [6, 6.07) is 4.63. The highest BCUT2D eigenvalue weighted by Crippen LogP contribution is 2.36. The first-order valence-corrected chi connectivity index (χ1v) is 9.28. The number of amides is 1. The van der Waals surface area contributed by atoms with E-state index in [9.17, 15) is 24.9 Å². The van der Waals surface area contributed by atoms with Gasteiger partial charge in [0, 0.05) is 11.8 Å². The third-order valence-corrected chi connectivity index (χ3v) is 5.29. The van der Waals surface area contributed by atoms with Crippen LogP contribution in [0.15, 0.2) is 44.7 Å². The van der Waals surface area contributed by atoms with Crippen molar-refractivity contribution >= 4 is 28.3 Å². The van der Waals surface area contributed by atoms with Gasteiger partial charge in [0.15, 0.2) is 17.4 Å². The zero-order valence-corrected chi connectivity index (χ0v) is 16.6. The summed E-state index contributed by atoms with van der Waals surface area (Å²) in [5.74, 6) is -0.241. The Morgan fingerprint density at radius 3 is 2.74 bits per heavy atom. The maximum Gasteiger partial charge on any atom is 0.360 e. The van der Waals surface area contributed by atoms with Crippen molar-refractivity contribution in [2.75, 3.05) is 19.5 Å². The highest BCUT2D eigenvalue weighted by atomic mass is 16.7. The van der Waals surface area contributed by atoms with Crippen molar-refractivity contribution in [1.29, 1.82) is 0 Å². The van der Waals surface area contributed by atoms with Gasteiger partial charge in [0.2, 0.25) is 5.75 Å². The van der Waals surface area contributed by atoms with Gasteiger partial charge in [-0.15, -0.1) is 0 Å². The van der Waals surface area contributed by atoms with Crippen molar-refractivity contribution in [1.82, 2.24) is 0 Å². The molecule has 0 bridgehead atoms. The van der Waals surface area contributed by atoms with E-state index in [1.807, 2.05) is 0 Å². The number of benzene rings is 1. The van der Waals surface area contributed by atoms with Crippen LogP contribution >= 0.6 is 0 Å². The van der Waals surface area contributed by atoms with Crippen molar-refractivity contribution in [3.05, 3.63) is 40.8 Å². The summed E-state index contributed by atoms with van der Waals surface area (Å²) < 4.78 is 15.7. The number of nitrogens with one attached hydrogen (secondary N) is 1. The average Bonchev–Trinajstić information content (AvgIpc) is 2.76. The lowest BCUT2D eigenvalue weighted by atomic mass is 9.78. The molecule has 1 amide bonds. The largest absolute Gasteiger partial charge is 0.493 e. The predicted molar refractivity (Wildman–Crippen MR) is 107 cm³/mol. The third-order valence-electron chi connectivity index (χ3n) is 5.29. The summed E-state index contributed by atoms with van der Waals surface area (Å²) in [5.41, 5.74) is -3.11. The van der Waals surface area contributed by atoms with Crippen molar-refractivity contribution < 1.29 is 38.8 Å². The smallest absolute Gasteiger partial charge is 0.360 e. The number of ether oxygens (including phenoxy) is 2. The molecule has 0 spiro atoms. The predicted octanol–water partition coefficient (Wildman–Crippen LogP) is -0.0837. The van der Waals surface area contributed by atoms with Crippen LogP contribution in [0.25, 0.3) is 11.0 Å². The number of fused-ring (bicyclic) bond motifs is 2. The molecule has 0 fully saturated rings. The molecule has 1 aromatic heterocycles. The molecule has 1 aliphatic carbocycles. The van der Waals surface area contributed by atoms with Gasteiger partial charge in [-0.25, -0.2) is 4.79 Å². The van der Waals surface area contributed by atoms with Crippen LogP contribution in [0.2, 0.25) is 0 Å². The van der Waals surface area contributed by atoms with Crippen LogP contribution in [0.5, 0.6) is 11.5 Å². The van der Waals surface area contributed by atoms with Crippen molar-refractivity contribution in [3.8, 4) is 11.5 Å². The van der Waals surface area contributed by atoms with E-state index in [2.05, 4.69) is 10.5 Å². The Balaban J connectivity index is 1.62. The Hall–Kier alpha value is -3.41. The van der Waals surface area contributed by atoms with E-state index in [0.717, 1.165) is 0 Å². The Kier molecular flexibility index (Phi) is 5.17. The van der Waals surface area contributed by atoms with E-state index in [1.165, 1.54) is 32.4 Å². The van der Waals surface area contributed by atoms with E-state index in [1.54, 1.807) is 12.1 Å². The number of rotatable bonds is 4. The topological polar surface area (TPSA) is 160 Å². The molecule has 1 aromatic carbocycles. The normalized spacial score (nSPS) is 27.1. The molecule has 0 saturated carbocycles. The molecule has 2 aromatic rings. The number of carbonyl (C=O) groups is 1. The molecule has 11 nitrogen and oxygen atoms in total. The van der Waals surface area contributed by atoms with Crippen LogP contribution in [0.1, 0.15) is 6.42 Å². The summed E-state index contributed by atoms with van der Waals surface area (Å²) in [6.45, 7) is 0. The lowest BCUT2D eigenvalue weighted by molar-refractivity contribution is -0.191. The summed E-state index contributed by atoms with van der Waals surface area (Å²) in [7, 11) is 2.85. The van der Waals surface area contributed by atoms with Crippen molar-refractivity contribution in [3.63, 3.8) is 0 Å². The number of hydrogen-bond acceptors (Lipinski definition) is 10. The monoisotopic (exact) mass is 432 g/mol. The Morgan fingerprint density at radius 1 is 1.26 bits per heavy atom. The molecule has 31 heavy (non-hydrogen) atoms. The summed E-state index contributed by atoms with van der Waals surface area (Å²) >= 11 is 0. The lowest BCUT2D eigenvalue weighted by Gasteiger charge is -2.43. The molecule has 3 unspecified atom stereocenters. The third kappa shape index (κ3) is 3.42. The van der Waals surface area contributed by atoms with Crippen LogP contribution in [0.3, 0.4) is 0 Å². The molecule has 4 atom stereocenters. The number of methoxy groups -OCH3 is 2. The molecular weight excluding hydrogens is 412 g/mol. The van der Waals surface area contributed by atoms with Crippen molar-refractivity contribution in [2.45, 2.75) is 30.3 Å². The van der Waals surface area contributed by atoms with Gasteiger partial charge in [-0.1, -0.05) is 17.3 Å². The zero-order valence-electron chi connectivity index (χ0n) is 16.6. The number of hydrogen-bond donors (Lipinski definition) is 4. The molecule has 2 aliphatic rings. The number of oxime groups is 1. The fourth-order valence-corrected chi connectivity index (χ4v) is 3.63. The highest BCUT2D eigenvalue weighted by Gasteiger charge is 2.53. The fourth-order valence-electron chi connectivity index (χ4n) is 3.63. The molecule has 1 aliphatic heterocycles. The van der Waals surface area contributed by atoms with Crippen LogP contribution in [-0.4, -0.2) is 65.1 Å². The molecule has 4 rings (SSSR count). The van der Waals surface area contributed by atoms with Gasteiger partial charge in [-0.2, -0.15) is 0 Å². The second-order valence-corrected chi connectivity index (χ2v) is 7.17. The quantitative estimate of drug-likeness (QED) is 0.383. The first-order valence-electron chi connectivity index (χ1n) is 9.28. The first-order chi connectivity index (χ1) is 14.8. The van der Waals surface area contributed by atoms with E-state index in [-0.39, 0.29) is 22.7 Å². The maximum absolute atomic E-state index is 12.7. The molecular formula is C20H20N2O9. The summed E-state index contributed by atoms with van der Waals surface area (Å²) in [6.07, 6.45) is -1.75. The minimum atomic E-state index is -1.96. The van der Waals surface area contributed by atoms with Gasteiger partial charge < -0.3 is 39.4 Å². The van der Waals surface area contributed by atoms with E-state index >= 15 is 0 Å². The second-order valence-electron chi connectivity index (χ2n) is 7.17. The van der Waals surface area contributed by atoms with Gasteiger partial charge in [0.25, 0.3) is 5.91 Å². The SMILES string of the molecule is COc1ccc2cc(NC(=O)C3=NOC4C(O)C=C[C@@H](O)C4(O)C3)c(=O)oc2c1OC. The second kappa shape index (κ2) is 7.69. The molecule has 4 N–H and O–H groups in total. The summed E-state index contributed by atoms with van der Waals surface area (Å²) in [4.78, 5) is 30.2. The minimum absolute atomic E-state index is 0.145. The molecule has 0 radical (unpaired) electrons. The number of aliphatic hydroxyl groups excluding tert-OH is 2. The number of aliphatic hydroxyl groups is 3. The van der Waals surface area contributed by atoms with E-state index < -0.39 is 41.9 Å². The Labute approximate surface area is 175 Å². The van der Waals surface area contributed by atoms with Crippen LogP contribution in [0, 0.1) is 0 Å². The minimum Gasteiger partial charge on any atom is -0.493 e. The first kappa shape index (κ1) is 20.8. The van der Waals surface area contributed by atoms with Gasteiger partial charge in [-0.05, 0) is 18.2 Å². The van der Waals surface area contributed by atoms with Crippen LogP contribution in [-0.2, 0) is 9.63 Å². The van der Waals surface area contributed by atoms with Gasteiger partial charge in [0.1, 0.15) is 29.2 Å². The van der Waals surface area contributed by atoms with Crippen LogP contribution in [0.4, 0.5) is 5.69 Å². The van der Waals surface area contributed by atoms with Gasteiger partial charge in [0.05, 0.1) is 14.2 Å². The number of carbonyl (C=O) groups excluding carboxylic acids is 1. The Morgan fingerprint density at radius 2 is 2.03 bits per heavy atom. The standard InChI is InChI=1S/C20H20N2O9/c1-28-13-5-3-9-7-10(19(26)30-15(9)16(13)29-2)21-18(25)11-8-20(27)14(24)6-4-12(23)17(20)31-22-11/h3-7,12,14,17,23-24,27H,8H2,1-2H3,(H,21,25)/t12?,14-,17?,20?/m1/s1. The van der Waals surface area contributed by atoms with Crippen molar-refractivity contribution in [2.24, 2.45) is 5.16 Å². The van der Waals surface area contributed by atoms with Gasteiger partial charge in [-0.3, -0.25) is 4.79 Å². The fraction of sp³-hybridized carbons (Fsp3) is 0.350. The van der Waals surface area contributed by atoms with E-state index in [4.69, 9.17) is 18.7 Å².